The lowest BCUT2D eigenvalue weighted by atomic mass is 9.80. The summed E-state index contributed by atoms with van der Waals surface area (Å²) in [5.41, 5.74) is 2.40. The van der Waals surface area contributed by atoms with Crippen molar-refractivity contribution in [2.75, 3.05) is 50.0 Å². The Balaban J connectivity index is 1.37. The highest BCUT2D eigenvalue weighted by Crippen LogP contribution is 2.35. The van der Waals surface area contributed by atoms with E-state index in [2.05, 4.69) is 43.7 Å². The lowest BCUT2D eigenvalue weighted by Gasteiger charge is -2.48. The second-order valence-corrected chi connectivity index (χ2v) is 9.95. The number of thioether (sulfide) groups is 1. The van der Waals surface area contributed by atoms with Crippen molar-refractivity contribution >= 4 is 29.3 Å². The number of hydrogen-bond acceptors (Lipinski definition) is 4. The van der Waals surface area contributed by atoms with Crippen molar-refractivity contribution in [2.45, 2.75) is 50.0 Å². The summed E-state index contributed by atoms with van der Waals surface area (Å²) in [6.45, 7) is 4.05. The van der Waals surface area contributed by atoms with Crippen LogP contribution in [0.5, 0.6) is 0 Å². The zero-order valence-electron chi connectivity index (χ0n) is 18.1. The van der Waals surface area contributed by atoms with Gasteiger partial charge in [-0.05, 0) is 24.5 Å². The average molecular weight is 430 g/mol. The Morgan fingerprint density at radius 3 is 2.73 bits per heavy atom. The van der Waals surface area contributed by atoms with E-state index in [1.54, 1.807) is 0 Å². The summed E-state index contributed by atoms with van der Waals surface area (Å²) in [5.74, 6) is 3.59. The summed E-state index contributed by atoms with van der Waals surface area (Å²) in [7, 11) is 1.84. The Morgan fingerprint density at radius 2 is 1.97 bits per heavy atom. The van der Waals surface area contributed by atoms with E-state index in [0.29, 0.717) is 13.0 Å². The van der Waals surface area contributed by atoms with Crippen LogP contribution in [0, 0.1) is 0 Å². The predicted molar refractivity (Wildman–Crippen MR) is 127 cm³/mol. The lowest BCUT2D eigenvalue weighted by molar-refractivity contribution is -0.116. The Bertz CT molecular complexity index is 756. The Morgan fingerprint density at radius 1 is 1.20 bits per heavy atom. The molecule has 0 bridgehead atoms. The Labute approximate surface area is 184 Å². The predicted octanol–water partition coefficient (Wildman–Crippen LogP) is 3.03. The number of rotatable bonds is 5. The molecular formula is C23H35N5OS. The van der Waals surface area contributed by atoms with Gasteiger partial charge in [0, 0.05) is 68.3 Å². The van der Waals surface area contributed by atoms with Crippen LogP contribution in [0.2, 0.25) is 0 Å². The van der Waals surface area contributed by atoms with Gasteiger partial charge >= 0.3 is 0 Å². The summed E-state index contributed by atoms with van der Waals surface area (Å²) in [4.78, 5) is 19.3. The number of hydrogen-bond donors (Lipinski definition) is 3. The molecule has 1 aromatic rings. The van der Waals surface area contributed by atoms with Crippen molar-refractivity contribution < 1.29 is 4.79 Å². The number of fused-ring (bicyclic) bond motifs is 1. The summed E-state index contributed by atoms with van der Waals surface area (Å²) in [6.07, 6.45) is 7.07. The fourth-order valence-electron chi connectivity index (χ4n) is 5.23. The SMILES string of the molecule is CN=C(NCC1CC(=O)Nc2ccccc21)NCC1(N2CCSCC2)CCCCC1. The van der Waals surface area contributed by atoms with Crippen molar-refractivity contribution in [3.8, 4) is 0 Å². The van der Waals surface area contributed by atoms with E-state index in [4.69, 9.17) is 0 Å². The van der Waals surface area contributed by atoms with Gasteiger partial charge in [-0.1, -0.05) is 37.5 Å². The van der Waals surface area contributed by atoms with Crippen molar-refractivity contribution in [1.82, 2.24) is 15.5 Å². The van der Waals surface area contributed by atoms with E-state index in [-0.39, 0.29) is 17.4 Å². The summed E-state index contributed by atoms with van der Waals surface area (Å²) >= 11 is 2.08. The number of amides is 1. The van der Waals surface area contributed by atoms with Gasteiger partial charge in [0.25, 0.3) is 0 Å². The van der Waals surface area contributed by atoms with Gasteiger partial charge in [-0.3, -0.25) is 14.7 Å². The van der Waals surface area contributed by atoms with Crippen LogP contribution in [-0.4, -0.2) is 67.0 Å². The number of anilines is 1. The third kappa shape index (κ3) is 4.94. The third-order valence-corrected chi connectivity index (χ3v) is 7.84. The van der Waals surface area contributed by atoms with Crippen molar-refractivity contribution in [3.05, 3.63) is 29.8 Å². The number of benzene rings is 1. The third-order valence-electron chi connectivity index (χ3n) is 6.90. The fourth-order valence-corrected chi connectivity index (χ4v) is 6.13. The second kappa shape index (κ2) is 10.1. The molecule has 0 spiro atoms. The minimum atomic E-state index is 0.0903. The highest BCUT2D eigenvalue weighted by Gasteiger charge is 2.38. The highest BCUT2D eigenvalue weighted by atomic mass is 32.2. The molecule has 1 atom stereocenters. The van der Waals surface area contributed by atoms with Gasteiger partial charge < -0.3 is 16.0 Å². The van der Waals surface area contributed by atoms with E-state index in [9.17, 15) is 4.79 Å². The van der Waals surface area contributed by atoms with E-state index < -0.39 is 0 Å². The molecule has 30 heavy (non-hydrogen) atoms. The van der Waals surface area contributed by atoms with Gasteiger partial charge in [0.15, 0.2) is 5.96 Å². The first-order chi connectivity index (χ1) is 14.7. The molecule has 3 N–H and O–H groups in total. The monoisotopic (exact) mass is 429 g/mol. The molecule has 6 nitrogen and oxygen atoms in total. The van der Waals surface area contributed by atoms with Gasteiger partial charge in [0.2, 0.25) is 5.91 Å². The zero-order chi connectivity index (χ0) is 20.8. The molecule has 2 fully saturated rings. The molecular weight excluding hydrogens is 394 g/mol. The van der Waals surface area contributed by atoms with Crippen LogP contribution in [0.15, 0.2) is 29.3 Å². The first-order valence-electron chi connectivity index (χ1n) is 11.4. The lowest BCUT2D eigenvalue weighted by Crippen LogP contribution is -2.60. The van der Waals surface area contributed by atoms with Gasteiger partial charge in [0.1, 0.15) is 0 Å². The molecule has 164 valence electrons. The maximum atomic E-state index is 12.1. The van der Waals surface area contributed by atoms with Crippen molar-refractivity contribution in [1.29, 1.82) is 0 Å². The number of nitrogens with one attached hydrogen (secondary N) is 3. The second-order valence-electron chi connectivity index (χ2n) is 8.73. The number of carbonyl (C=O) groups is 1. The Kier molecular flexibility index (Phi) is 7.20. The number of nitrogens with zero attached hydrogens (tertiary/aromatic N) is 2. The van der Waals surface area contributed by atoms with Crippen LogP contribution in [0.25, 0.3) is 0 Å². The van der Waals surface area contributed by atoms with Crippen LogP contribution in [0.3, 0.4) is 0 Å². The number of aliphatic imine (C=N–C) groups is 1. The molecule has 1 aliphatic carbocycles. The molecule has 2 heterocycles. The Hall–Kier alpha value is -1.73. The first kappa shape index (κ1) is 21.5. The smallest absolute Gasteiger partial charge is 0.225 e. The van der Waals surface area contributed by atoms with E-state index in [0.717, 1.165) is 18.2 Å². The zero-order valence-corrected chi connectivity index (χ0v) is 18.9. The standard InChI is InChI=1S/C23H35N5OS/c1-24-22(25-16-18-15-21(29)27-20-8-4-3-7-19(18)20)26-17-23(9-5-2-6-10-23)28-11-13-30-14-12-28/h3-4,7-8,18H,2,5-6,9-17H2,1H3,(H,27,29)(H2,24,25,26). The van der Waals surface area contributed by atoms with Crippen molar-refractivity contribution in [2.24, 2.45) is 4.99 Å². The molecule has 1 saturated carbocycles. The quantitative estimate of drug-likeness (QED) is 0.496. The first-order valence-corrected chi connectivity index (χ1v) is 12.5. The van der Waals surface area contributed by atoms with E-state index in [1.165, 1.54) is 62.3 Å². The van der Waals surface area contributed by atoms with Gasteiger partial charge in [-0.2, -0.15) is 11.8 Å². The van der Waals surface area contributed by atoms with Crippen LogP contribution in [0.1, 0.15) is 50.0 Å². The van der Waals surface area contributed by atoms with Gasteiger partial charge in [-0.25, -0.2) is 0 Å². The van der Waals surface area contributed by atoms with E-state index >= 15 is 0 Å². The molecule has 3 aliphatic rings. The van der Waals surface area contributed by atoms with Crippen LogP contribution in [0.4, 0.5) is 5.69 Å². The highest BCUT2D eigenvalue weighted by molar-refractivity contribution is 7.99. The molecule has 0 radical (unpaired) electrons. The summed E-state index contributed by atoms with van der Waals surface area (Å²) in [6, 6.07) is 8.11. The van der Waals surface area contributed by atoms with Crippen LogP contribution >= 0.6 is 11.8 Å². The van der Waals surface area contributed by atoms with Gasteiger partial charge in [0.05, 0.1) is 0 Å². The number of para-hydroxylation sites is 1. The van der Waals surface area contributed by atoms with Gasteiger partial charge in [-0.15, -0.1) is 0 Å². The molecule has 1 unspecified atom stereocenters. The van der Waals surface area contributed by atoms with Crippen LogP contribution in [-0.2, 0) is 4.79 Å². The summed E-state index contributed by atoms with van der Waals surface area (Å²) in [5, 5.41) is 10.1. The molecule has 0 aromatic heterocycles. The molecule has 7 heteroatoms. The average Bonchev–Trinajstić information content (AvgIpc) is 2.80. The topological polar surface area (TPSA) is 68.8 Å². The van der Waals surface area contributed by atoms with Crippen LogP contribution < -0.4 is 16.0 Å². The number of carbonyl (C=O) groups excluding carboxylic acids is 1. The molecule has 1 saturated heterocycles. The molecule has 4 rings (SSSR count). The molecule has 1 amide bonds. The van der Waals surface area contributed by atoms with E-state index in [1.807, 2.05) is 25.2 Å². The molecule has 2 aliphatic heterocycles. The largest absolute Gasteiger partial charge is 0.356 e. The molecule has 1 aromatic carbocycles. The normalized spacial score (nSPS) is 24.6. The number of guanidine groups is 1. The minimum Gasteiger partial charge on any atom is -0.356 e. The maximum Gasteiger partial charge on any atom is 0.225 e. The summed E-state index contributed by atoms with van der Waals surface area (Å²) < 4.78 is 0. The minimum absolute atomic E-state index is 0.0903. The maximum absolute atomic E-state index is 12.1. The van der Waals surface area contributed by atoms with Crippen molar-refractivity contribution in [3.63, 3.8) is 0 Å². The fraction of sp³-hybridized carbons (Fsp3) is 0.652.